The van der Waals surface area contributed by atoms with Crippen LogP contribution in [0.3, 0.4) is 0 Å². The van der Waals surface area contributed by atoms with Gasteiger partial charge in [0.05, 0.1) is 18.2 Å². The van der Waals surface area contributed by atoms with E-state index in [4.69, 9.17) is 9.72 Å². The molecule has 0 unspecified atom stereocenters. The number of thioether (sulfide) groups is 2. The van der Waals surface area contributed by atoms with E-state index in [-0.39, 0.29) is 11.4 Å². The number of hydrogen-bond acceptors (Lipinski definition) is 8. The second kappa shape index (κ2) is 6.82. The van der Waals surface area contributed by atoms with Crippen molar-refractivity contribution in [3.05, 3.63) is 10.4 Å². The maximum atomic E-state index is 10.9. The Kier molecular flexibility index (Phi) is 5.11. The van der Waals surface area contributed by atoms with Crippen LogP contribution in [0.5, 0.6) is 0 Å². The molecule has 5 nitrogen and oxygen atoms in total. The lowest BCUT2D eigenvalue weighted by molar-refractivity contribution is -0.301. The van der Waals surface area contributed by atoms with Gasteiger partial charge in [0, 0.05) is 27.7 Å². The standard InChI is InChI=1S/C16H20N2O3S3/c1-8(2)23-15-17-13(22-7-11(19)20)12-9-5-16(3,4)21-6-10(9)24-14(12)18-15/h8H,5-7H2,1-4H3,(H,19,20)/p-1. The molecule has 0 radical (unpaired) electrons. The van der Waals surface area contributed by atoms with Crippen molar-refractivity contribution in [2.75, 3.05) is 5.75 Å². The highest BCUT2D eigenvalue weighted by molar-refractivity contribution is 8.00. The Hall–Kier alpha value is -0.830. The van der Waals surface area contributed by atoms with Crippen LogP contribution in [0.25, 0.3) is 10.2 Å². The van der Waals surface area contributed by atoms with E-state index >= 15 is 0 Å². The van der Waals surface area contributed by atoms with E-state index in [1.54, 1.807) is 23.1 Å². The van der Waals surface area contributed by atoms with E-state index in [0.717, 1.165) is 21.7 Å². The Morgan fingerprint density at radius 2 is 2.17 bits per heavy atom. The molecular formula is C16H19N2O3S3-. The zero-order valence-electron chi connectivity index (χ0n) is 14.0. The van der Waals surface area contributed by atoms with Gasteiger partial charge in [-0.2, -0.15) is 0 Å². The van der Waals surface area contributed by atoms with Gasteiger partial charge in [-0.25, -0.2) is 9.97 Å². The van der Waals surface area contributed by atoms with Crippen molar-refractivity contribution in [3.8, 4) is 0 Å². The van der Waals surface area contributed by atoms with Gasteiger partial charge >= 0.3 is 0 Å². The molecule has 24 heavy (non-hydrogen) atoms. The Morgan fingerprint density at radius 1 is 1.42 bits per heavy atom. The first-order valence-corrected chi connectivity index (χ1v) is 10.4. The average Bonchev–Trinajstić information content (AvgIpc) is 2.80. The number of carboxylic acid groups (broad SMARTS) is 1. The number of carboxylic acids is 1. The van der Waals surface area contributed by atoms with Crippen molar-refractivity contribution in [1.29, 1.82) is 0 Å². The highest BCUT2D eigenvalue weighted by Gasteiger charge is 2.31. The maximum Gasteiger partial charge on any atom is 0.190 e. The molecule has 8 heteroatoms. The van der Waals surface area contributed by atoms with E-state index in [9.17, 15) is 9.90 Å². The Morgan fingerprint density at radius 3 is 2.83 bits per heavy atom. The molecule has 130 valence electrons. The van der Waals surface area contributed by atoms with Crippen LogP contribution in [0, 0.1) is 0 Å². The minimum atomic E-state index is -1.09. The minimum Gasteiger partial charge on any atom is -0.549 e. The van der Waals surface area contributed by atoms with Crippen LogP contribution in [0.1, 0.15) is 38.1 Å². The van der Waals surface area contributed by atoms with E-state index in [1.807, 2.05) is 0 Å². The van der Waals surface area contributed by atoms with Crippen molar-refractivity contribution in [2.45, 2.75) is 61.8 Å². The number of fused-ring (bicyclic) bond motifs is 3. The third-order valence-corrected chi connectivity index (χ3v) is 6.46. The molecule has 3 rings (SSSR count). The second-order valence-electron chi connectivity index (χ2n) is 6.55. The third-order valence-electron chi connectivity index (χ3n) is 3.54. The molecule has 2 aromatic rings. The highest BCUT2D eigenvalue weighted by Crippen LogP contribution is 2.42. The average molecular weight is 384 g/mol. The molecule has 0 saturated carbocycles. The van der Waals surface area contributed by atoms with Crippen molar-refractivity contribution in [3.63, 3.8) is 0 Å². The number of ether oxygens (including phenoxy) is 1. The molecule has 0 aromatic carbocycles. The number of thiophene rings is 1. The largest absolute Gasteiger partial charge is 0.549 e. The second-order valence-corrected chi connectivity index (χ2v) is 10.1. The first kappa shape index (κ1) is 18.0. The van der Waals surface area contributed by atoms with Gasteiger partial charge in [0.25, 0.3) is 0 Å². The minimum absolute atomic E-state index is 0.109. The zero-order valence-corrected chi connectivity index (χ0v) is 16.5. The van der Waals surface area contributed by atoms with E-state index < -0.39 is 5.97 Å². The molecule has 0 amide bonds. The molecule has 0 fully saturated rings. The number of carbonyl (C=O) groups excluding carboxylic acids is 1. The molecule has 0 spiro atoms. The summed E-state index contributed by atoms with van der Waals surface area (Å²) in [5.41, 5.74) is 0.969. The van der Waals surface area contributed by atoms with Gasteiger partial charge in [0.15, 0.2) is 5.16 Å². The van der Waals surface area contributed by atoms with Crippen LogP contribution in [-0.4, -0.2) is 32.5 Å². The SMILES string of the molecule is CC(C)Sc1nc(SCC(=O)[O-])c2c3c(sc2n1)COC(C)(C)C3. The Balaban J connectivity index is 2.11. The molecular weight excluding hydrogens is 364 g/mol. The molecule has 0 saturated heterocycles. The summed E-state index contributed by atoms with van der Waals surface area (Å²) < 4.78 is 5.90. The highest BCUT2D eigenvalue weighted by atomic mass is 32.2. The number of aliphatic carboxylic acids is 1. The number of carbonyl (C=O) groups is 1. The van der Waals surface area contributed by atoms with Crippen LogP contribution in [0.15, 0.2) is 10.2 Å². The fraction of sp³-hybridized carbons (Fsp3) is 0.562. The van der Waals surface area contributed by atoms with E-state index in [2.05, 4.69) is 32.7 Å². The topological polar surface area (TPSA) is 75.1 Å². The normalized spacial score (nSPS) is 16.5. The fourth-order valence-corrected chi connectivity index (χ4v) is 5.35. The van der Waals surface area contributed by atoms with E-state index in [0.29, 0.717) is 17.0 Å². The predicted octanol–water partition coefficient (Wildman–Crippen LogP) is 2.89. The monoisotopic (exact) mass is 383 g/mol. The number of hydrogen-bond donors (Lipinski definition) is 0. The van der Waals surface area contributed by atoms with Gasteiger partial charge in [-0.1, -0.05) is 37.4 Å². The van der Waals surface area contributed by atoms with Gasteiger partial charge in [-0.15, -0.1) is 11.3 Å². The van der Waals surface area contributed by atoms with Gasteiger partial charge in [0.1, 0.15) is 9.86 Å². The molecule has 1 aliphatic heterocycles. The molecule has 2 aromatic heterocycles. The third kappa shape index (κ3) is 3.87. The maximum absolute atomic E-state index is 10.9. The summed E-state index contributed by atoms with van der Waals surface area (Å²) in [5.74, 6) is -1.19. The molecule has 3 heterocycles. The summed E-state index contributed by atoms with van der Waals surface area (Å²) in [7, 11) is 0. The first-order chi connectivity index (χ1) is 11.2. The Labute approximate surface area is 153 Å². The lowest BCUT2D eigenvalue weighted by Crippen LogP contribution is -2.31. The van der Waals surface area contributed by atoms with Gasteiger partial charge in [-0.3, -0.25) is 0 Å². The summed E-state index contributed by atoms with van der Waals surface area (Å²) in [6, 6.07) is 0. The van der Waals surface area contributed by atoms with Crippen LogP contribution >= 0.6 is 34.9 Å². The molecule has 0 N–H and O–H groups in total. The summed E-state index contributed by atoms with van der Waals surface area (Å²) in [6.07, 6.45) is 0.779. The fourth-order valence-electron chi connectivity index (χ4n) is 2.59. The predicted molar refractivity (Wildman–Crippen MR) is 96.7 cm³/mol. The molecule has 1 aliphatic rings. The van der Waals surface area contributed by atoms with Crippen LogP contribution in [-0.2, 0) is 22.6 Å². The van der Waals surface area contributed by atoms with Crippen LogP contribution < -0.4 is 5.11 Å². The van der Waals surface area contributed by atoms with Gasteiger partial charge in [-0.05, 0) is 19.4 Å². The summed E-state index contributed by atoms with van der Waals surface area (Å²) in [4.78, 5) is 22.3. The first-order valence-electron chi connectivity index (χ1n) is 7.71. The van der Waals surface area contributed by atoms with E-state index in [1.165, 1.54) is 22.2 Å². The number of aromatic nitrogens is 2. The number of nitrogens with zero attached hydrogens (tertiary/aromatic N) is 2. The zero-order chi connectivity index (χ0) is 17.5. The van der Waals surface area contributed by atoms with Crippen molar-refractivity contribution >= 4 is 51.0 Å². The van der Waals surface area contributed by atoms with Gasteiger partial charge in [0.2, 0.25) is 0 Å². The summed E-state index contributed by atoms with van der Waals surface area (Å²) >= 11 is 4.42. The van der Waals surface area contributed by atoms with Crippen molar-refractivity contribution in [1.82, 2.24) is 9.97 Å². The van der Waals surface area contributed by atoms with Crippen molar-refractivity contribution < 1.29 is 14.6 Å². The summed E-state index contributed by atoms with van der Waals surface area (Å²) in [6.45, 7) is 8.87. The lowest BCUT2D eigenvalue weighted by Gasteiger charge is -2.30. The van der Waals surface area contributed by atoms with Crippen molar-refractivity contribution in [2.24, 2.45) is 0 Å². The number of rotatable bonds is 5. The lowest BCUT2D eigenvalue weighted by atomic mass is 9.95. The molecule has 0 aliphatic carbocycles. The van der Waals surface area contributed by atoms with Crippen LogP contribution in [0.4, 0.5) is 0 Å². The Bertz CT molecular complexity index is 786. The summed E-state index contributed by atoms with van der Waals surface area (Å²) in [5, 5.41) is 13.7. The molecule has 0 atom stereocenters. The molecule has 0 bridgehead atoms. The van der Waals surface area contributed by atoms with Crippen LogP contribution in [0.2, 0.25) is 0 Å². The quantitative estimate of drug-likeness (QED) is 0.446. The smallest absolute Gasteiger partial charge is 0.190 e. The van der Waals surface area contributed by atoms with Gasteiger partial charge < -0.3 is 14.6 Å².